The number of hydrogen-bond acceptors (Lipinski definition) is 2. The second kappa shape index (κ2) is 6.23. The fraction of sp³-hybridized carbons (Fsp3) is 0.312. The van der Waals surface area contributed by atoms with Crippen molar-refractivity contribution >= 4 is 5.97 Å². The van der Waals surface area contributed by atoms with E-state index in [1.165, 1.54) is 31.1 Å². The summed E-state index contributed by atoms with van der Waals surface area (Å²) < 4.78 is 4.99. The van der Waals surface area contributed by atoms with E-state index in [0.29, 0.717) is 5.56 Å². The van der Waals surface area contributed by atoms with Gasteiger partial charge in [0.2, 0.25) is 5.76 Å². The smallest absolute Gasteiger partial charge is 0.372 e. The van der Waals surface area contributed by atoms with Crippen LogP contribution in [-0.2, 0) is 6.42 Å². The third kappa shape index (κ3) is 3.25. The third-order valence-electron chi connectivity index (χ3n) is 3.19. The highest BCUT2D eigenvalue weighted by Gasteiger charge is 2.15. The van der Waals surface area contributed by atoms with E-state index in [9.17, 15) is 4.79 Å². The monoisotopic (exact) mass is 258 g/mol. The van der Waals surface area contributed by atoms with Crippen LogP contribution in [0.15, 0.2) is 41.0 Å². The number of unbranched alkanes of at least 4 members (excludes halogenated alkanes) is 2. The van der Waals surface area contributed by atoms with Crippen molar-refractivity contribution in [1.29, 1.82) is 0 Å². The Labute approximate surface area is 112 Å². The van der Waals surface area contributed by atoms with Gasteiger partial charge >= 0.3 is 5.97 Å². The molecular formula is C16H18O3. The highest BCUT2D eigenvalue weighted by Crippen LogP contribution is 2.25. The number of carboxylic acids is 1. The zero-order valence-corrected chi connectivity index (χ0v) is 11.1. The zero-order chi connectivity index (χ0) is 13.7. The lowest BCUT2D eigenvalue weighted by Gasteiger charge is -2.03. The second-order valence-electron chi connectivity index (χ2n) is 4.62. The molecule has 19 heavy (non-hydrogen) atoms. The van der Waals surface area contributed by atoms with E-state index in [2.05, 4.69) is 19.1 Å². The molecule has 0 aliphatic carbocycles. The van der Waals surface area contributed by atoms with Crippen molar-refractivity contribution in [2.45, 2.75) is 32.6 Å². The van der Waals surface area contributed by atoms with Crippen molar-refractivity contribution in [1.82, 2.24) is 0 Å². The van der Waals surface area contributed by atoms with Crippen molar-refractivity contribution in [2.75, 3.05) is 0 Å². The molecule has 1 aromatic carbocycles. The molecule has 0 radical (unpaired) electrons. The van der Waals surface area contributed by atoms with Crippen LogP contribution in [0.2, 0.25) is 0 Å². The highest BCUT2D eigenvalue weighted by atomic mass is 16.4. The Morgan fingerprint density at radius 1 is 1.16 bits per heavy atom. The third-order valence-corrected chi connectivity index (χ3v) is 3.19. The first-order valence-corrected chi connectivity index (χ1v) is 6.62. The van der Waals surface area contributed by atoms with Gasteiger partial charge in [-0.1, -0.05) is 44.0 Å². The Balaban J connectivity index is 2.13. The molecule has 2 rings (SSSR count). The first-order chi connectivity index (χ1) is 9.22. The normalized spacial score (nSPS) is 10.6. The number of aromatic carboxylic acids is 1. The first-order valence-electron chi connectivity index (χ1n) is 6.62. The molecule has 0 aliphatic heterocycles. The van der Waals surface area contributed by atoms with Crippen LogP contribution in [-0.4, -0.2) is 11.1 Å². The van der Waals surface area contributed by atoms with Gasteiger partial charge in [0.15, 0.2) is 0 Å². The molecule has 0 saturated carbocycles. The fourth-order valence-electron chi connectivity index (χ4n) is 2.13. The molecule has 1 N–H and O–H groups in total. The van der Waals surface area contributed by atoms with Crippen LogP contribution in [0.5, 0.6) is 0 Å². The number of benzene rings is 1. The summed E-state index contributed by atoms with van der Waals surface area (Å²) in [5, 5.41) is 9.02. The van der Waals surface area contributed by atoms with Gasteiger partial charge in [-0.25, -0.2) is 4.79 Å². The van der Waals surface area contributed by atoms with Crippen molar-refractivity contribution in [3.63, 3.8) is 0 Å². The van der Waals surface area contributed by atoms with E-state index in [1.807, 2.05) is 12.1 Å². The van der Waals surface area contributed by atoms with Crippen molar-refractivity contribution in [2.24, 2.45) is 0 Å². The Morgan fingerprint density at radius 3 is 2.53 bits per heavy atom. The molecule has 2 aromatic rings. The first kappa shape index (κ1) is 13.4. The maximum atomic E-state index is 11.0. The van der Waals surface area contributed by atoms with Crippen LogP contribution in [0, 0.1) is 0 Å². The summed E-state index contributed by atoms with van der Waals surface area (Å²) in [5.74, 6) is -1.04. The van der Waals surface area contributed by atoms with Gasteiger partial charge in [0, 0.05) is 5.56 Å². The SMILES string of the molecule is CCCCCc1ccc(-c2ccoc2C(=O)O)cc1. The lowest BCUT2D eigenvalue weighted by atomic mass is 10.0. The molecule has 0 atom stereocenters. The lowest BCUT2D eigenvalue weighted by Crippen LogP contribution is -1.96. The minimum Gasteiger partial charge on any atom is -0.475 e. The van der Waals surface area contributed by atoms with Crippen molar-refractivity contribution < 1.29 is 14.3 Å². The molecule has 0 fully saturated rings. The number of aryl methyl sites for hydroxylation is 1. The summed E-state index contributed by atoms with van der Waals surface area (Å²) in [6.45, 7) is 2.19. The molecule has 3 nitrogen and oxygen atoms in total. The van der Waals surface area contributed by atoms with Gasteiger partial charge in [-0.05, 0) is 30.0 Å². The van der Waals surface area contributed by atoms with Crippen LogP contribution in [0.25, 0.3) is 11.1 Å². The summed E-state index contributed by atoms with van der Waals surface area (Å²) in [6, 6.07) is 9.72. The molecule has 100 valence electrons. The van der Waals surface area contributed by atoms with E-state index in [1.54, 1.807) is 6.07 Å². The minimum atomic E-state index is -1.04. The molecular weight excluding hydrogens is 240 g/mol. The predicted molar refractivity (Wildman–Crippen MR) is 74.3 cm³/mol. The van der Waals surface area contributed by atoms with Gasteiger partial charge in [0.25, 0.3) is 0 Å². The second-order valence-corrected chi connectivity index (χ2v) is 4.62. The van der Waals surface area contributed by atoms with E-state index in [-0.39, 0.29) is 5.76 Å². The van der Waals surface area contributed by atoms with E-state index in [4.69, 9.17) is 9.52 Å². The summed E-state index contributed by atoms with van der Waals surface area (Å²) in [6.07, 6.45) is 6.14. The molecule has 0 unspecified atom stereocenters. The summed E-state index contributed by atoms with van der Waals surface area (Å²) in [5.41, 5.74) is 2.80. The van der Waals surface area contributed by atoms with Gasteiger partial charge in [-0.3, -0.25) is 0 Å². The summed E-state index contributed by atoms with van der Waals surface area (Å²) in [7, 11) is 0. The van der Waals surface area contributed by atoms with Crippen LogP contribution >= 0.6 is 0 Å². The van der Waals surface area contributed by atoms with Crippen LogP contribution in [0.1, 0.15) is 42.3 Å². The Morgan fingerprint density at radius 2 is 1.89 bits per heavy atom. The Kier molecular flexibility index (Phi) is 4.39. The van der Waals surface area contributed by atoms with Crippen LogP contribution in [0.3, 0.4) is 0 Å². The molecule has 0 spiro atoms. The average Bonchev–Trinajstić information content (AvgIpc) is 2.89. The Hall–Kier alpha value is -2.03. The molecule has 1 heterocycles. The average molecular weight is 258 g/mol. The maximum Gasteiger partial charge on any atom is 0.372 e. The highest BCUT2D eigenvalue weighted by molar-refractivity contribution is 5.93. The number of carboxylic acid groups (broad SMARTS) is 1. The van der Waals surface area contributed by atoms with Gasteiger partial charge in [0.1, 0.15) is 0 Å². The molecule has 0 bridgehead atoms. The lowest BCUT2D eigenvalue weighted by molar-refractivity contribution is 0.0663. The molecule has 3 heteroatoms. The summed E-state index contributed by atoms with van der Waals surface area (Å²) in [4.78, 5) is 11.0. The van der Waals surface area contributed by atoms with Gasteiger partial charge in [-0.2, -0.15) is 0 Å². The number of hydrogen-bond donors (Lipinski definition) is 1. The number of rotatable bonds is 6. The topological polar surface area (TPSA) is 50.4 Å². The van der Waals surface area contributed by atoms with E-state index in [0.717, 1.165) is 12.0 Å². The summed E-state index contributed by atoms with van der Waals surface area (Å²) >= 11 is 0. The molecule has 0 aliphatic rings. The number of carbonyl (C=O) groups is 1. The molecule has 0 saturated heterocycles. The van der Waals surface area contributed by atoms with Crippen LogP contribution in [0.4, 0.5) is 0 Å². The maximum absolute atomic E-state index is 11.0. The quantitative estimate of drug-likeness (QED) is 0.782. The zero-order valence-electron chi connectivity index (χ0n) is 11.1. The van der Waals surface area contributed by atoms with Gasteiger partial charge < -0.3 is 9.52 Å². The number of furan rings is 1. The van der Waals surface area contributed by atoms with Gasteiger partial charge in [-0.15, -0.1) is 0 Å². The van der Waals surface area contributed by atoms with Gasteiger partial charge in [0.05, 0.1) is 6.26 Å². The van der Waals surface area contributed by atoms with Crippen molar-refractivity contribution in [3.05, 3.63) is 47.9 Å². The fourth-order valence-corrected chi connectivity index (χ4v) is 2.13. The van der Waals surface area contributed by atoms with Crippen LogP contribution < -0.4 is 0 Å². The molecule has 0 amide bonds. The van der Waals surface area contributed by atoms with E-state index >= 15 is 0 Å². The largest absolute Gasteiger partial charge is 0.475 e. The Bertz CT molecular complexity index is 537. The standard InChI is InChI=1S/C16H18O3/c1-2-3-4-5-12-6-8-13(9-7-12)14-10-11-19-15(14)16(17)18/h6-11H,2-5H2,1H3,(H,17,18). The van der Waals surface area contributed by atoms with E-state index < -0.39 is 5.97 Å². The minimum absolute atomic E-state index is 0.00117. The van der Waals surface area contributed by atoms with Crippen molar-refractivity contribution in [3.8, 4) is 11.1 Å². The molecule has 1 aromatic heterocycles. The predicted octanol–water partition coefficient (Wildman–Crippen LogP) is 4.38.